The number of benzene rings is 2. The van der Waals surface area contributed by atoms with Crippen LogP contribution >= 0.6 is 0 Å². The van der Waals surface area contributed by atoms with Crippen molar-refractivity contribution in [2.24, 2.45) is 5.92 Å². The molecule has 0 bridgehead atoms. The van der Waals surface area contributed by atoms with E-state index in [-0.39, 0.29) is 11.8 Å². The number of methoxy groups -OCH3 is 1. The monoisotopic (exact) mass is 401 g/mol. The van der Waals surface area contributed by atoms with Crippen LogP contribution in [-0.2, 0) is 17.9 Å². The Kier molecular flexibility index (Phi) is 4.58. The average Bonchev–Trinajstić information content (AvgIpc) is 3.49. The fourth-order valence-electron chi connectivity index (χ4n) is 3.86. The van der Waals surface area contributed by atoms with Crippen molar-refractivity contribution in [3.8, 4) is 5.75 Å². The number of carbonyl (C=O) groups is 1. The van der Waals surface area contributed by atoms with Gasteiger partial charge in [-0.2, -0.15) is 4.52 Å². The van der Waals surface area contributed by atoms with Crippen molar-refractivity contribution in [2.45, 2.75) is 32.9 Å². The number of hydrogen-bond donors (Lipinski definition) is 0. The highest BCUT2D eigenvalue weighted by Gasteiger charge is 2.33. The molecule has 0 saturated heterocycles. The molecule has 1 amide bonds. The number of fused-ring (bicyclic) bond motifs is 3. The molecule has 7 heteroatoms. The van der Waals surface area contributed by atoms with E-state index >= 15 is 0 Å². The number of aryl methyl sites for hydroxylation is 1. The summed E-state index contributed by atoms with van der Waals surface area (Å²) in [5.41, 5.74) is 4.83. The van der Waals surface area contributed by atoms with Crippen LogP contribution in [0.3, 0.4) is 0 Å². The van der Waals surface area contributed by atoms with Gasteiger partial charge in [0.2, 0.25) is 5.91 Å². The predicted molar refractivity (Wildman–Crippen MR) is 113 cm³/mol. The maximum absolute atomic E-state index is 13.1. The van der Waals surface area contributed by atoms with Crippen molar-refractivity contribution in [3.63, 3.8) is 0 Å². The highest BCUT2D eigenvalue weighted by atomic mass is 16.5. The van der Waals surface area contributed by atoms with Crippen LogP contribution in [0.25, 0.3) is 16.6 Å². The molecule has 5 rings (SSSR count). The second kappa shape index (κ2) is 7.40. The maximum atomic E-state index is 13.1. The molecule has 152 valence electrons. The summed E-state index contributed by atoms with van der Waals surface area (Å²) >= 11 is 0. The maximum Gasteiger partial charge on any atom is 0.226 e. The van der Waals surface area contributed by atoms with Crippen LogP contribution in [0.15, 0.2) is 48.5 Å². The van der Waals surface area contributed by atoms with E-state index < -0.39 is 0 Å². The second-order valence-electron chi connectivity index (χ2n) is 7.96. The molecule has 0 atom stereocenters. The third kappa shape index (κ3) is 3.47. The van der Waals surface area contributed by atoms with Crippen molar-refractivity contribution in [1.82, 2.24) is 24.9 Å². The highest BCUT2D eigenvalue weighted by Crippen LogP contribution is 2.33. The fourth-order valence-corrected chi connectivity index (χ4v) is 3.86. The first kappa shape index (κ1) is 18.5. The van der Waals surface area contributed by atoms with E-state index in [2.05, 4.69) is 40.6 Å². The lowest BCUT2D eigenvalue weighted by molar-refractivity contribution is -0.133. The van der Waals surface area contributed by atoms with Crippen LogP contribution in [-0.4, -0.2) is 38.0 Å². The molecule has 0 N–H and O–H groups in total. The zero-order chi connectivity index (χ0) is 20.7. The molecule has 0 radical (unpaired) electrons. The van der Waals surface area contributed by atoms with Gasteiger partial charge in [0.15, 0.2) is 5.65 Å². The topological polar surface area (TPSA) is 72.6 Å². The summed E-state index contributed by atoms with van der Waals surface area (Å²) in [5, 5.41) is 13.4. The minimum atomic E-state index is 0.137. The predicted octanol–water partition coefficient (Wildman–Crippen LogP) is 3.53. The summed E-state index contributed by atoms with van der Waals surface area (Å²) in [6.45, 7) is 3.07. The zero-order valence-electron chi connectivity index (χ0n) is 17.1. The minimum absolute atomic E-state index is 0.137. The number of aromatic nitrogens is 4. The zero-order valence-corrected chi connectivity index (χ0v) is 17.1. The second-order valence-corrected chi connectivity index (χ2v) is 7.96. The Morgan fingerprint density at radius 3 is 2.67 bits per heavy atom. The molecule has 1 aliphatic carbocycles. The third-order valence-electron chi connectivity index (χ3n) is 5.63. The van der Waals surface area contributed by atoms with Gasteiger partial charge in [0, 0.05) is 30.0 Å². The number of nitrogens with zero attached hydrogens (tertiary/aromatic N) is 5. The molecular formula is C23H23N5O2. The minimum Gasteiger partial charge on any atom is -0.497 e. The standard InChI is InChI=1S/C23H23N5O2/c1-15-3-10-21-18(11-15)12-19(22-24-25-26-28(21)22)14-27(23(29)17-6-7-17)13-16-4-8-20(30-2)9-5-16/h3-5,8-12,17H,6-7,13-14H2,1-2H3. The molecule has 1 saturated carbocycles. The Balaban J connectivity index is 1.52. The van der Waals surface area contributed by atoms with Crippen LogP contribution < -0.4 is 4.74 Å². The van der Waals surface area contributed by atoms with E-state index in [9.17, 15) is 4.79 Å². The molecule has 2 heterocycles. The van der Waals surface area contributed by atoms with Crippen molar-refractivity contribution >= 4 is 22.5 Å². The van der Waals surface area contributed by atoms with Gasteiger partial charge in [0.1, 0.15) is 5.75 Å². The molecule has 1 aliphatic rings. The first-order valence-corrected chi connectivity index (χ1v) is 10.1. The first-order valence-electron chi connectivity index (χ1n) is 10.1. The fraction of sp³-hybridized carbons (Fsp3) is 0.304. The van der Waals surface area contributed by atoms with E-state index in [1.807, 2.05) is 35.2 Å². The number of pyridine rings is 1. The largest absolute Gasteiger partial charge is 0.497 e. The summed E-state index contributed by atoms with van der Waals surface area (Å²) in [4.78, 5) is 15.0. The third-order valence-corrected chi connectivity index (χ3v) is 5.63. The van der Waals surface area contributed by atoms with Crippen LogP contribution in [0.2, 0.25) is 0 Å². The van der Waals surface area contributed by atoms with Crippen LogP contribution in [0.5, 0.6) is 5.75 Å². The number of hydrogen-bond acceptors (Lipinski definition) is 5. The lowest BCUT2D eigenvalue weighted by Crippen LogP contribution is -2.31. The van der Waals surface area contributed by atoms with Crippen molar-refractivity contribution in [2.75, 3.05) is 7.11 Å². The van der Waals surface area contributed by atoms with Gasteiger partial charge in [-0.3, -0.25) is 4.79 Å². The van der Waals surface area contributed by atoms with E-state index in [0.29, 0.717) is 18.7 Å². The molecule has 7 nitrogen and oxygen atoms in total. The van der Waals surface area contributed by atoms with Crippen LogP contribution in [0, 0.1) is 12.8 Å². The van der Waals surface area contributed by atoms with Gasteiger partial charge >= 0.3 is 0 Å². The Morgan fingerprint density at radius 2 is 1.93 bits per heavy atom. The molecule has 4 aromatic rings. The van der Waals surface area contributed by atoms with E-state index in [1.54, 1.807) is 11.6 Å². The van der Waals surface area contributed by atoms with E-state index in [0.717, 1.165) is 40.6 Å². The van der Waals surface area contributed by atoms with Gasteiger partial charge in [-0.15, -0.1) is 5.10 Å². The molecule has 30 heavy (non-hydrogen) atoms. The van der Waals surface area contributed by atoms with E-state index in [4.69, 9.17) is 4.74 Å². The Labute approximate surface area is 174 Å². The van der Waals surface area contributed by atoms with Gasteiger partial charge in [-0.1, -0.05) is 23.8 Å². The molecule has 0 spiro atoms. The van der Waals surface area contributed by atoms with Gasteiger partial charge in [0.05, 0.1) is 12.6 Å². The number of tetrazole rings is 1. The number of carbonyl (C=O) groups excluding carboxylic acids is 1. The summed E-state index contributed by atoms with van der Waals surface area (Å²) in [6.07, 6.45) is 1.94. The molecule has 2 aromatic carbocycles. The lowest BCUT2D eigenvalue weighted by Gasteiger charge is -2.23. The normalized spacial score (nSPS) is 13.7. The molecule has 0 aliphatic heterocycles. The van der Waals surface area contributed by atoms with Crippen LogP contribution in [0.4, 0.5) is 0 Å². The quantitative estimate of drug-likeness (QED) is 0.494. The lowest BCUT2D eigenvalue weighted by atomic mass is 10.1. The van der Waals surface area contributed by atoms with Crippen molar-refractivity contribution < 1.29 is 9.53 Å². The summed E-state index contributed by atoms with van der Waals surface area (Å²) in [6, 6.07) is 16.2. The Morgan fingerprint density at radius 1 is 1.13 bits per heavy atom. The van der Waals surface area contributed by atoms with Crippen molar-refractivity contribution in [3.05, 3.63) is 65.2 Å². The van der Waals surface area contributed by atoms with Gasteiger partial charge in [-0.05, 0) is 66.1 Å². The SMILES string of the molecule is COc1ccc(CN(Cc2cc3cc(C)ccc3n3nnnc23)C(=O)C2CC2)cc1. The summed E-state index contributed by atoms with van der Waals surface area (Å²) in [5.74, 6) is 1.14. The smallest absolute Gasteiger partial charge is 0.226 e. The number of amides is 1. The van der Waals surface area contributed by atoms with Crippen LogP contribution in [0.1, 0.15) is 29.5 Å². The molecule has 2 aromatic heterocycles. The molecule has 0 unspecified atom stereocenters. The highest BCUT2D eigenvalue weighted by molar-refractivity contribution is 5.84. The Hall–Kier alpha value is -3.48. The first-order chi connectivity index (χ1) is 14.6. The number of rotatable bonds is 6. The van der Waals surface area contributed by atoms with Crippen molar-refractivity contribution in [1.29, 1.82) is 0 Å². The van der Waals surface area contributed by atoms with E-state index in [1.165, 1.54) is 5.56 Å². The van der Waals surface area contributed by atoms with Gasteiger partial charge in [-0.25, -0.2) is 0 Å². The molecule has 1 fully saturated rings. The molecular weight excluding hydrogens is 378 g/mol. The van der Waals surface area contributed by atoms with Gasteiger partial charge < -0.3 is 9.64 Å². The summed E-state index contributed by atoms with van der Waals surface area (Å²) < 4.78 is 7.01. The Bertz CT molecular complexity index is 1230. The number of ether oxygens (including phenoxy) is 1. The van der Waals surface area contributed by atoms with Gasteiger partial charge in [0.25, 0.3) is 0 Å². The summed E-state index contributed by atoms with van der Waals surface area (Å²) in [7, 11) is 1.65. The average molecular weight is 401 g/mol.